The molecule has 1 saturated heterocycles. The van der Waals surface area contributed by atoms with E-state index >= 15 is 0 Å². The molecule has 2 aromatic rings. The Labute approximate surface area is 145 Å². The smallest absolute Gasteiger partial charge is 0.117 e. The summed E-state index contributed by atoms with van der Waals surface area (Å²) in [4.78, 5) is 5.10. The molecule has 4 rings (SSSR count). The molecule has 1 aliphatic heterocycles. The highest BCUT2D eigenvalue weighted by atomic mass is 16.3. The normalized spacial score (nSPS) is 21.5. The van der Waals surface area contributed by atoms with E-state index < -0.39 is 0 Å². The zero-order valence-corrected chi connectivity index (χ0v) is 14.9. The summed E-state index contributed by atoms with van der Waals surface area (Å²) in [6.07, 6.45) is 9.37. The quantitative estimate of drug-likeness (QED) is 0.840. The maximum absolute atomic E-state index is 5.48. The van der Waals surface area contributed by atoms with E-state index in [0.717, 1.165) is 24.9 Å². The van der Waals surface area contributed by atoms with Gasteiger partial charge in [-0.1, -0.05) is 0 Å². The molecule has 0 atom stereocenters. The predicted molar refractivity (Wildman–Crippen MR) is 95.6 cm³/mol. The molecule has 0 amide bonds. The van der Waals surface area contributed by atoms with Crippen molar-refractivity contribution in [3.63, 3.8) is 0 Å². The van der Waals surface area contributed by atoms with Crippen LogP contribution in [0, 0.1) is 5.41 Å². The van der Waals surface area contributed by atoms with E-state index in [1.807, 2.05) is 6.07 Å². The number of hydrogen-bond donors (Lipinski definition) is 0. The van der Waals surface area contributed by atoms with E-state index in [1.54, 1.807) is 6.26 Å². The topological polar surface area (TPSA) is 24.6 Å². The molecular weight excluding hydrogens is 298 g/mol. The standard InChI is InChI=1S/C20H29N3O/c1-21-9-3-5-17(21)15-23-10-7-20(8-11-23)13-18(14-20)22(2)16-19-6-4-12-24-19/h3-6,9,12,18H,7-8,10-11,13-16H2,1-2H3. The van der Waals surface area contributed by atoms with Crippen LogP contribution < -0.4 is 0 Å². The van der Waals surface area contributed by atoms with Crippen molar-refractivity contribution in [2.75, 3.05) is 20.1 Å². The first-order chi connectivity index (χ1) is 11.6. The molecule has 4 heteroatoms. The van der Waals surface area contributed by atoms with Gasteiger partial charge in [-0.2, -0.15) is 0 Å². The van der Waals surface area contributed by atoms with E-state index in [0.29, 0.717) is 5.41 Å². The van der Waals surface area contributed by atoms with Crippen molar-refractivity contribution >= 4 is 0 Å². The van der Waals surface area contributed by atoms with Crippen LogP contribution >= 0.6 is 0 Å². The number of nitrogens with zero attached hydrogens (tertiary/aromatic N) is 3. The van der Waals surface area contributed by atoms with Crippen molar-refractivity contribution in [2.45, 2.75) is 44.8 Å². The van der Waals surface area contributed by atoms with Gasteiger partial charge < -0.3 is 8.98 Å². The second-order valence-electron chi connectivity index (χ2n) is 7.94. The molecule has 1 aliphatic carbocycles. The maximum atomic E-state index is 5.48. The minimum absolute atomic E-state index is 0.618. The maximum Gasteiger partial charge on any atom is 0.117 e. The van der Waals surface area contributed by atoms with Crippen molar-refractivity contribution in [3.8, 4) is 0 Å². The molecular formula is C20H29N3O. The molecule has 2 fully saturated rings. The predicted octanol–water partition coefficient (Wildman–Crippen LogP) is 3.49. The fourth-order valence-electron chi connectivity index (χ4n) is 4.51. The van der Waals surface area contributed by atoms with E-state index in [2.05, 4.69) is 52.9 Å². The Kier molecular flexibility index (Phi) is 4.27. The molecule has 2 aromatic heterocycles. The van der Waals surface area contributed by atoms with Crippen LogP contribution in [0.4, 0.5) is 0 Å². The lowest BCUT2D eigenvalue weighted by Crippen LogP contribution is -2.53. The van der Waals surface area contributed by atoms with E-state index in [9.17, 15) is 0 Å². The van der Waals surface area contributed by atoms with Gasteiger partial charge in [0.2, 0.25) is 0 Å². The first-order valence-electron chi connectivity index (χ1n) is 9.19. The molecule has 3 heterocycles. The number of piperidine rings is 1. The zero-order chi connectivity index (χ0) is 16.6. The Bertz CT molecular complexity index is 644. The Morgan fingerprint density at radius 3 is 2.62 bits per heavy atom. The molecule has 0 radical (unpaired) electrons. The summed E-state index contributed by atoms with van der Waals surface area (Å²) in [5, 5.41) is 0. The molecule has 24 heavy (non-hydrogen) atoms. The second kappa shape index (κ2) is 6.41. The van der Waals surface area contributed by atoms with Crippen molar-refractivity contribution in [2.24, 2.45) is 12.5 Å². The van der Waals surface area contributed by atoms with Crippen molar-refractivity contribution in [1.29, 1.82) is 0 Å². The SMILES string of the molecule is CN(Cc1ccco1)C1CC2(CCN(Cc3cccn3C)CC2)C1. The van der Waals surface area contributed by atoms with Gasteiger partial charge in [-0.05, 0) is 75.5 Å². The number of aromatic nitrogens is 1. The first kappa shape index (κ1) is 16.0. The van der Waals surface area contributed by atoms with E-state index in [1.165, 1.54) is 44.5 Å². The number of rotatable bonds is 5. The molecule has 0 bridgehead atoms. The number of aryl methyl sites for hydroxylation is 1. The van der Waals surface area contributed by atoms with Crippen LogP contribution in [0.5, 0.6) is 0 Å². The Morgan fingerprint density at radius 2 is 2.00 bits per heavy atom. The molecule has 0 unspecified atom stereocenters. The summed E-state index contributed by atoms with van der Waals surface area (Å²) in [6, 6.07) is 9.18. The van der Waals surface area contributed by atoms with Crippen molar-refractivity contribution in [3.05, 3.63) is 48.2 Å². The van der Waals surface area contributed by atoms with Gasteiger partial charge >= 0.3 is 0 Å². The lowest BCUT2D eigenvalue weighted by atomic mass is 9.60. The zero-order valence-electron chi connectivity index (χ0n) is 14.9. The molecule has 2 aliphatic rings. The third kappa shape index (κ3) is 3.17. The molecule has 0 N–H and O–H groups in total. The van der Waals surface area contributed by atoms with E-state index in [4.69, 9.17) is 4.42 Å². The van der Waals surface area contributed by atoms with Crippen LogP contribution in [-0.2, 0) is 20.1 Å². The summed E-state index contributed by atoms with van der Waals surface area (Å²) in [7, 11) is 4.39. The average Bonchev–Trinajstić information content (AvgIpc) is 3.18. The largest absolute Gasteiger partial charge is 0.468 e. The first-order valence-corrected chi connectivity index (χ1v) is 9.19. The number of likely N-dealkylation sites (tertiary alicyclic amines) is 1. The highest BCUT2D eigenvalue weighted by Gasteiger charge is 2.47. The average molecular weight is 327 g/mol. The van der Waals surface area contributed by atoms with Gasteiger partial charge in [0.25, 0.3) is 0 Å². The lowest BCUT2D eigenvalue weighted by molar-refractivity contribution is -0.0402. The third-order valence-corrected chi connectivity index (χ3v) is 6.30. The van der Waals surface area contributed by atoms with Gasteiger partial charge in [0, 0.05) is 31.5 Å². The highest BCUT2D eigenvalue weighted by molar-refractivity contribution is 5.08. The summed E-state index contributed by atoms with van der Waals surface area (Å²) in [5.74, 6) is 1.08. The Hall–Kier alpha value is -1.52. The van der Waals surface area contributed by atoms with Gasteiger partial charge in [-0.15, -0.1) is 0 Å². The number of furan rings is 1. The fourth-order valence-corrected chi connectivity index (χ4v) is 4.51. The highest BCUT2D eigenvalue weighted by Crippen LogP contribution is 2.51. The van der Waals surface area contributed by atoms with Gasteiger partial charge in [-0.25, -0.2) is 0 Å². The molecule has 1 spiro atoms. The van der Waals surface area contributed by atoms with Gasteiger partial charge in [0.1, 0.15) is 5.76 Å². The number of hydrogen-bond acceptors (Lipinski definition) is 3. The fraction of sp³-hybridized carbons (Fsp3) is 0.600. The van der Waals surface area contributed by atoms with E-state index in [-0.39, 0.29) is 0 Å². The second-order valence-corrected chi connectivity index (χ2v) is 7.94. The van der Waals surface area contributed by atoms with Crippen LogP contribution in [0.1, 0.15) is 37.1 Å². The van der Waals surface area contributed by atoms with Crippen molar-refractivity contribution in [1.82, 2.24) is 14.4 Å². The summed E-state index contributed by atoms with van der Waals surface area (Å²) < 4.78 is 7.73. The Balaban J connectivity index is 1.24. The van der Waals surface area contributed by atoms with Crippen LogP contribution in [0.25, 0.3) is 0 Å². The van der Waals surface area contributed by atoms with Crippen LogP contribution in [0.3, 0.4) is 0 Å². The van der Waals surface area contributed by atoms with Crippen LogP contribution in [0.2, 0.25) is 0 Å². The molecule has 4 nitrogen and oxygen atoms in total. The third-order valence-electron chi connectivity index (χ3n) is 6.30. The summed E-state index contributed by atoms with van der Waals surface area (Å²) >= 11 is 0. The van der Waals surface area contributed by atoms with Gasteiger partial charge in [0.05, 0.1) is 12.8 Å². The van der Waals surface area contributed by atoms with Crippen LogP contribution in [0.15, 0.2) is 41.1 Å². The summed E-state index contributed by atoms with van der Waals surface area (Å²) in [6.45, 7) is 4.54. The lowest BCUT2D eigenvalue weighted by Gasteiger charge is -2.54. The summed E-state index contributed by atoms with van der Waals surface area (Å²) in [5.41, 5.74) is 2.04. The minimum atomic E-state index is 0.618. The molecule has 130 valence electrons. The monoisotopic (exact) mass is 327 g/mol. The van der Waals surface area contributed by atoms with Crippen molar-refractivity contribution < 1.29 is 4.42 Å². The van der Waals surface area contributed by atoms with Crippen LogP contribution in [-0.4, -0.2) is 40.5 Å². The Morgan fingerprint density at radius 1 is 1.21 bits per heavy atom. The molecule has 1 saturated carbocycles. The van der Waals surface area contributed by atoms with Gasteiger partial charge in [0.15, 0.2) is 0 Å². The van der Waals surface area contributed by atoms with Gasteiger partial charge in [-0.3, -0.25) is 9.80 Å². The minimum Gasteiger partial charge on any atom is -0.468 e. The molecule has 0 aromatic carbocycles.